The summed E-state index contributed by atoms with van der Waals surface area (Å²) in [6.45, 7) is 2.80. The van der Waals surface area contributed by atoms with E-state index in [2.05, 4.69) is 17.4 Å². The maximum Gasteiger partial charge on any atom is 0.248 e. The summed E-state index contributed by atoms with van der Waals surface area (Å²) in [6.07, 6.45) is 5.27. The number of nitrogens with two attached hydrogens (primary N) is 1. The first kappa shape index (κ1) is 24.5. The molecular weight excluding hydrogens is 452 g/mol. The first-order chi connectivity index (χ1) is 17.5. The normalized spacial score (nSPS) is 10.9. The van der Waals surface area contributed by atoms with Gasteiger partial charge in [0.15, 0.2) is 0 Å². The summed E-state index contributed by atoms with van der Waals surface area (Å²) < 4.78 is 7.48. The van der Waals surface area contributed by atoms with Gasteiger partial charge in [0, 0.05) is 23.4 Å². The van der Waals surface area contributed by atoms with E-state index in [9.17, 15) is 9.59 Å². The van der Waals surface area contributed by atoms with Crippen molar-refractivity contribution in [3.05, 3.63) is 108 Å². The van der Waals surface area contributed by atoms with Gasteiger partial charge in [-0.25, -0.2) is 0 Å². The molecule has 0 unspecified atom stereocenters. The molecule has 182 valence electrons. The Labute approximate surface area is 210 Å². The third-order valence-corrected chi connectivity index (χ3v) is 5.47. The zero-order valence-corrected chi connectivity index (χ0v) is 20.1. The number of hydrogen-bond acceptors (Lipinski definition) is 4. The van der Waals surface area contributed by atoms with Crippen LogP contribution < -0.4 is 15.8 Å². The molecule has 7 nitrogen and oxygen atoms in total. The van der Waals surface area contributed by atoms with Gasteiger partial charge in [-0.2, -0.15) is 5.10 Å². The standard InChI is InChI=1S/C29H28N4O3/c1-21-11-13-23(14-12-21)29-24(20-33(32-29)19-22-7-3-2-4-8-22)15-16-28(35)31-25-9-5-6-10-26(25)36-18-17-27(30)34/h2-16,20H,17-19H2,1H3,(H2,30,34)(H,31,35)/b16-15+. The number of amides is 2. The summed E-state index contributed by atoms with van der Waals surface area (Å²) in [6, 6.07) is 25.3. The van der Waals surface area contributed by atoms with Crippen molar-refractivity contribution in [3.8, 4) is 17.0 Å². The fraction of sp³-hybridized carbons (Fsp3) is 0.138. The van der Waals surface area contributed by atoms with E-state index in [1.807, 2.05) is 60.3 Å². The van der Waals surface area contributed by atoms with Crippen molar-refractivity contribution >= 4 is 23.6 Å². The van der Waals surface area contributed by atoms with Crippen molar-refractivity contribution in [1.82, 2.24) is 9.78 Å². The molecule has 0 saturated heterocycles. The van der Waals surface area contributed by atoms with Gasteiger partial charge in [0.1, 0.15) is 5.75 Å². The Bertz CT molecular complexity index is 1360. The number of aromatic nitrogens is 2. The quantitative estimate of drug-likeness (QED) is 0.318. The summed E-state index contributed by atoms with van der Waals surface area (Å²) in [4.78, 5) is 23.7. The second-order valence-corrected chi connectivity index (χ2v) is 8.37. The van der Waals surface area contributed by atoms with Gasteiger partial charge in [-0.3, -0.25) is 14.3 Å². The highest BCUT2D eigenvalue weighted by atomic mass is 16.5. The topological polar surface area (TPSA) is 99.2 Å². The minimum atomic E-state index is -0.448. The average Bonchev–Trinajstić information content (AvgIpc) is 3.27. The zero-order chi connectivity index (χ0) is 25.3. The summed E-state index contributed by atoms with van der Waals surface area (Å²) >= 11 is 0. The number of benzene rings is 3. The molecule has 2 amide bonds. The zero-order valence-electron chi connectivity index (χ0n) is 20.1. The molecule has 1 heterocycles. The lowest BCUT2D eigenvalue weighted by Gasteiger charge is -2.10. The van der Waals surface area contributed by atoms with E-state index in [0.717, 1.165) is 27.9 Å². The van der Waals surface area contributed by atoms with Crippen molar-refractivity contribution in [2.75, 3.05) is 11.9 Å². The molecule has 4 aromatic rings. The summed E-state index contributed by atoms with van der Waals surface area (Å²) in [5.41, 5.74) is 10.6. The molecule has 0 fully saturated rings. The monoisotopic (exact) mass is 480 g/mol. The van der Waals surface area contributed by atoms with Gasteiger partial charge in [0.2, 0.25) is 11.8 Å². The van der Waals surface area contributed by atoms with Crippen LogP contribution in [-0.2, 0) is 16.1 Å². The Morgan fingerprint density at radius 3 is 2.47 bits per heavy atom. The largest absolute Gasteiger partial charge is 0.491 e. The van der Waals surface area contributed by atoms with Crippen LogP contribution in [0.4, 0.5) is 5.69 Å². The molecule has 7 heteroatoms. The molecule has 0 bridgehead atoms. The van der Waals surface area contributed by atoms with Gasteiger partial charge in [0.25, 0.3) is 0 Å². The molecule has 0 spiro atoms. The minimum absolute atomic E-state index is 0.0942. The van der Waals surface area contributed by atoms with Gasteiger partial charge in [-0.05, 0) is 30.7 Å². The Balaban J connectivity index is 1.54. The van der Waals surface area contributed by atoms with Crippen LogP contribution in [0.15, 0.2) is 91.1 Å². The van der Waals surface area contributed by atoms with Crippen molar-refractivity contribution in [2.24, 2.45) is 5.73 Å². The molecule has 4 rings (SSSR count). The van der Waals surface area contributed by atoms with E-state index in [-0.39, 0.29) is 18.9 Å². The van der Waals surface area contributed by atoms with Crippen LogP contribution in [0.3, 0.4) is 0 Å². The van der Waals surface area contributed by atoms with E-state index >= 15 is 0 Å². The van der Waals surface area contributed by atoms with E-state index < -0.39 is 5.91 Å². The molecule has 3 aromatic carbocycles. The predicted molar refractivity (Wildman–Crippen MR) is 141 cm³/mol. The fourth-order valence-electron chi connectivity index (χ4n) is 3.64. The molecule has 0 aliphatic carbocycles. The summed E-state index contributed by atoms with van der Waals surface area (Å²) in [5.74, 6) is -0.292. The van der Waals surface area contributed by atoms with Gasteiger partial charge in [-0.15, -0.1) is 0 Å². The number of primary amides is 1. The van der Waals surface area contributed by atoms with E-state index in [0.29, 0.717) is 18.0 Å². The van der Waals surface area contributed by atoms with E-state index in [1.165, 1.54) is 6.08 Å². The highest BCUT2D eigenvalue weighted by molar-refractivity contribution is 6.03. The number of para-hydroxylation sites is 2. The van der Waals surface area contributed by atoms with Gasteiger partial charge >= 0.3 is 0 Å². The number of carbonyl (C=O) groups excluding carboxylic acids is 2. The molecular formula is C29H28N4O3. The Hall–Kier alpha value is -4.65. The number of rotatable bonds is 10. The third kappa shape index (κ3) is 6.70. The van der Waals surface area contributed by atoms with Crippen LogP contribution in [0.25, 0.3) is 17.3 Å². The molecule has 0 aliphatic heterocycles. The van der Waals surface area contributed by atoms with Crippen LogP contribution in [-0.4, -0.2) is 28.2 Å². The molecule has 1 aromatic heterocycles. The third-order valence-electron chi connectivity index (χ3n) is 5.47. The van der Waals surface area contributed by atoms with Crippen molar-refractivity contribution in [1.29, 1.82) is 0 Å². The first-order valence-electron chi connectivity index (χ1n) is 11.7. The number of anilines is 1. The van der Waals surface area contributed by atoms with Crippen LogP contribution in [0.2, 0.25) is 0 Å². The smallest absolute Gasteiger partial charge is 0.248 e. The number of nitrogens with zero attached hydrogens (tertiary/aromatic N) is 2. The fourth-order valence-corrected chi connectivity index (χ4v) is 3.64. The van der Waals surface area contributed by atoms with Crippen LogP contribution >= 0.6 is 0 Å². The second kappa shape index (κ2) is 11.7. The number of aryl methyl sites for hydroxylation is 1. The molecule has 0 saturated carbocycles. The van der Waals surface area contributed by atoms with Crippen molar-refractivity contribution in [3.63, 3.8) is 0 Å². The van der Waals surface area contributed by atoms with Gasteiger partial charge < -0.3 is 15.8 Å². The number of ether oxygens (including phenoxy) is 1. The van der Waals surface area contributed by atoms with Crippen LogP contribution in [0.5, 0.6) is 5.75 Å². The number of hydrogen-bond donors (Lipinski definition) is 2. The van der Waals surface area contributed by atoms with Crippen LogP contribution in [0, 0.1) is 6.92 Å². The van der Waals surface area contributed by atoms with Crippen molar-refractivity contribution in [2.45, 2.75) is 19.9 Å². The molecule has 0 aliphatic rings. The van der Waals surface area contributed by atoms with Crippen molar-refractivity contribution < 1.29 is 14.3 Å². The lowest BCUT2D eigenvalue weighted by molar-refractivity contribution is -0.118. The van der Waals surface area contributed by atoms with Gasteiger partial charge in [0.05, 0.1) is 31.0 Å². The summed E-state index contributed by atoms with van der Waals surface area (Å²) in [7, 11) is 0. The minimum Gasteiger partial charge on any atom is -0.491 e. The molecule has 3 N–H and O–H groups in total. The summed E-state index contributed by atoms with van der Waals surface area (Å²) in [5, 5.41) is 7.64. The highest BCUT2D eigenvalue weighted by Gasteiger charge is 2.11. The predicted octanol–water partition coefficient (Wildman–Crippen LogP) is 4.81. The Kier molecular flexibility index (Phi) is 7.93. The second-order valence-electron chi connectivity index (χ2n) is 8.37. The Morgan fingerprint density at radius 1 is 1.00 bits per heavy atom. The lowest BCUT2D eigenvalue weighted by atomic mass is 10.1. The number of carbonyl (C=O) groups is 2. The van der Waals surface area contributed by atoms with Crippen LogP contribution in [0.1, 0.15) is 23.1 Å². The van der Waals surface area contributed by atoms with E-state index in [1.54, 1.807) is 30.3 Å². The molecule has 36 heavy (non-hydrogen) atoms. The SMILES string of the molecule is Cc1ccc(-c2nn(Cc3ccccc3)cc2/C=C/C(=O)Nc2ccccc2OCCC(N)=O)cc1. The molecule has 0 radical (unpaired) electrons. The Morgan fingerprint density at radius 2 is 1.72 bits per heavy atom. The maximum atomic E-state index is 12.8. The lowest BCUT2D eigenvalue weighted by Crippen LogP contribution is -2.15. The maximum absolute atomic E-state index is 12.8. The van der Waals surface area contributed by atoms with Gasteiger partial charge in [-0.1, -0.05) is 72.3 Å². The molecule has 0 atom stereocenters. The van der Waals surface area contributed by atoms with E-state index in [4.69, 9.17) is 15.6 Å². The average molecular weight is 481 g/mol. The number of nitrogens with one attached hydrogen (secondary N) is 1. The highest BCUT2D eigenvalue weighted by Crippen LogP contribution is 2.26. The first-order valence-corrected chi connectivity index (χ1v) is 11.7.